The maximum Gasteiger partial charge on any atom is 0.248 e. The first-order valence-corrected chi connectivity index (χ1v) is 20.6. The summed E-state index contributed by atoms with van der Waals surface area (Å²) in [6.45, 7) is 21.6. The zero-order valence-electron chi connectivity index (χ0n) is 36.4. The molecule has 6 N–H and O–H groups in total. The van der Waals surface area contributed by atoms with E-state index >= 15 is 0 Å². The van der Waals surface area contributed by atoms with E-state index in [-0.39, 0.29) is 18.2 Å². The number of amides is 6. The molecular weight excluding hydrogens is 775 g/mol. The van der Waals surface area contributed by atoms with Crippen molar-refractivity contribution in [3.63, 3.8) is 0 Å². The van der Waals surface area contributed by atoms with Crippen LogP contribution in [0.15, 0.2) is 59.1 Å². The molecule has 324 valence electrons. The third-order valence-electron chi connectivity index (χ3n) is 10.0. The maximum absolute atomic E-state index is 14.8. The van der Waals surface area contributed by atoms with Crippen molar-refractivity contribution in [1.82, 2.24) is 41.9 Å². The second-order valence-electron chi connectivity index (χ2n) is 17.4. The first-order valence-electron chi connectivity index (χ1n) is 19.7. The molecule has 0 bridgehead atoms. The van der Waals surface area contributed by atoms with Crippen molar-refractivity contribution in [2.45, 2.75) is 118 Å². The summed E-state index contributed by atoms with van der Waals surface area (Å²) in [5.41, 5.74) is -0.414. The van der Waals surface area contributed by atoms with E-state index in [4.69, 9.17) is 4.84 Å². The largest absolute Gasteiger partial charge is 0.360 e. The average molecular weight is 838 g/mol. The number of carbonyl (C=O) groups excluding carboxylic acids is 6. The summed E-state index contributed by atoms with van der Waals surface area (Å²) < 4.78 is 0. The van der Waals surface area contributed by atoms with Gasteiger partial charge in [-0.25, -0.2) is 10.0 Å². The van der Waals surface area contributed by atoms with Crippen LogP contribution in [0.25, 0.3) is 0 Å². The number of hydrogen-bond donors (Lipinski definition) is 6. The van der Waals surface area contributed by atoms with Crippen molar-refractivity contribution in [2.24, 2.45) is 21.7 Å². The van der Waals surface area contributed by atoms with E-state index in [1.165, 1.54) is 25.5 Å². The highest BCUT2D eigenvalue weighted by Crippen LogP contribution is 2.27. The minimum absolute atomic E-state index is 0.152. The molecule has 1 aliphatic heterocycles. The molecule has 0 spiro atoms. The Balaban J connectivity index is 2.11. The molecule has 0 saturated carbocycles. The number of aliphatic imine (C=N–C) groups is 1. The van der Waals surface area contributed by atoms with Crippen LogP contribution in [0.1, 0.15) is 98.2 Å². The number of aromatic nitrogens is 1. The van der Waals surface area contributed by atoms with Crippen LogP contribution in [0.4, 0.5) is 0 Å². The van der Waals surface area contributed by atoms with Crippen LogP contribution in [-0.2, 0) is 33.6 Å². The van der Waals surface area contributed by atoms with Gasteiger partial charge in [-0.15, -0.1) is 11.3 Å². The van der Waals surface area contributed by atoms with Gasteiger partial charge in [-0.2, -0.15) is 0 Å². The molecule has 2 aromatic rings. The second kappa shape index (κ2) is 20.7. The number of nitrogens with zero attached hydrogens (tertiary/aromatic N) is 3. The fourth-order valence-electron chi connectivity index (χ4n) is 6.39. The topological polar surface area (TPSA) is 212 Å². The predicted octanol–water partition coefficient (Wildman–Crippen LogP) is 3.15. The van der Waals surface area contributed by atoms with Gasteiger partial charge in [0.1, 0.15) is 41.6 Å². The average Bonchev–Trinajstić information content (AvgIpc) is 3.70. The lowest BCUT2D eigenvalue weighted by atomic mass is 9.82. The quantitative estimate of drug-likeness (QED) is 0.129. The normalized spacial score (nSPS) is 20.2. The van der Waals surface area contributed by atoms with Crippen molar-refractivity contribution < 1.29 is 33.6 Å². The minimum atomic E-state index is -1.15. The summed E-state index contributed by atoms with van der Waals surface area (Å²) in [6.07, 6.45) is 1.42. The van der Waals surface area contributed by atoms with E-state index in [9.17, 15) is 28.8 Å². The molecule has 1 aliphatic rings. The van der Waals surface area contributed by atoms with Crippen LogP contribution >= 0.6 is 11.3 Å². The van der Waals surface area contributed by atoms with Gasteiger partial charge in [-0.1, -0.05) is 99.2 Å². The Hall–Kier alpha value is -5.16. The van der Waals surface area contributed by atoms with E-state index < -0.39 is 95.0 Å². The highest BCUT2D eigenvalue weighted by molar-refractivity contribution is 7.09. The number of amidine groups is 1. The molecule has 3 rings (SSSR count). The van der Waals surface area contributed by atoms with Gasteiger partial charge >= 0.3 is 0 Å². The molecule has 1 aromatic carbocycles. The van der Waals surface area contributed by atoms with Gasteiger partial charge < -0.3 is 31.9 Å². The van der Waals surface area contributed by atoms with Gasteiger partial charge in [-0.05, 0) is 34.8 Å². The minimum Gasteiger partial charge on any atom is -0.360 e. The first-order chi connectivity index (χ1) is 27.5. The van der Waals surface area contributed by atoms with Crippen LogP contribution in [-0.4, -0.2) is 102 Å². The lowest BCUT2D eigenvalue weighted by Crippen LogP contribution is -2.65. The Labute approximate surface area is 352 Å². The van der Waals surface area contributed by atoms with Gasteiger partial charge in [-0.3, -0.25) is 38.6 Å². The van der Waals surface area contributed by atoms with Crippen molar-refractivity contribution >= 4 is 52.6 Å². The predicted molar refractivity (Wildman–Crippen MR) is 228 cm³/mol. The summed E-state index contributed by atoms with van der Waals surface area (Å²) in [7, 11) is 2.83. The molecule has 16 nitrogen and oxygen atoms in total. The van der Waals surface area contributed by atoms with Gasteiger partial charge in [0.2, 0.25) is 35.4 Å². The molecule has 0 fully saturated rings. The van der Waals surface area contributed by atoms with Gasteiger partial charge in [0.25, 0.3) is 0 Å². The standard InChI is InChI=1S/C42H63N9O7S/c1-23(2)30-36(54)47-31(24(3)4)37(55)50-33(41(6,7)8)35(44-22-28(52)46-30)49-34(42(9,10)11)39(57)48-32(25(5)26-17-15-14-16-18-26)38(56)45-27(40-43-19-20-59-40)21-29(53)51(12)58-13/h14-20,24-25,27,30-34H,1,21-22H2,2-13H3,(H,44,49)(H,45,56)(H,46,52)(H,47,54)(H,48,57)(H,50,55)/t25-,27+,30-,31-,32-,33+,34+/m0/s1. The maximum atomic E-state index is 14.8. The molecule has 1 aromatic heterocycles. The van der Waals surface area contributed by atoms with Crippen LogP contribution < -0.4 is 31.9 Å². The highest BCUT2D eigenvalue weighted by Gasteiger charge is 2.41. The fourth-order valence-corrected chi connectivity index (χ4v) is 7.08. The summed E-state index contributed by atoms with van der Waals surface area (Å²) in [5, 5.41) is 21.1. The summed E-state index contributed by atoms with van der Waals surface area (Å²) in [5.74, 6) is -3.89. The molecule has 59 heavy (non-hydrogen) atoms. The number of nitrogens with one attached hydrogen (secondary N) is 6. The van der Waals surface area contributed by atoms with E-state index in [1.807, 2.05) is 78.8 Å². The third-order valence-corrected chi connectivity index (χ3v) is 10.9. The fraction of sp³-hybridized carbons (Fsp3) is 0.571. The van der Waals surface area contributed by atoms with Crippen molar-refractivity contribution in [3.05, 3.63) is 64.6 Å². The van der Waals surface area contributed by atoms with Crippen molar-refractivity contribution in [2.75, 3.05) is 20.7 Å². The molecule has 2 heterocycles. The monoisotopic (exact) mass is 837 g/mol. The lowest BCUT2D eigenvalue weighted by molar-refractivity contribution is -0.169. The Bertz CT molecular complexity index is 1840. The smallest absolute Gasteiger partial charge is 0.248 e. The SMILES string of the molecule is C=C(C)[C@@H]1NC(=O)CN=C(N[C@H](C(=O)N[C@H](C(=O)N[C@H](CC(=O)N(C)OC)c2nccs2)[C@@H](C)c2ccccc2)C(C)(C)C)[C@H](C(C)(C)C)NC(=O)[C@H](C(C)C)NC1=O. The van der Waals surface area contributed by atoms with E-state index in [1.54, 1.807) is 32.3 Å². The summed E-state index contributed by atoms with van der Waals surface area (Å²) >= 11 is 1.28. The van der Waals surface area contributed by atoms with E-state index in [0.29, 0.717) is 10.6 Å². The number of thiazole rings is 1. The summed E-state index contributed by atoms with van der Waals surface area (Å²) in [6, 6.07) is 3.23. The third kappa shape index (κ3) is 13.4. The Morgan fingerprint density at radius 3 is 2.14 bits per heavy atom. The number of hydroxylamine groups is 2. The second-order valence-corrected chi connectivity index (χ2v) is 18.4. The number of benzene rings is 1. The van der Waals surface area contributed by atoms with Crippen LogP contribution in [0.5, 0.6) is 0 Å². The van der Waals surface area contributed by atoms with E-state index in [0.717, 1.165) is 10.6 Å². The number of hydrogen-bond acceptors (Lipinski definition) is 11. The first kappa shape index (κ1) is 48.2. The molecular formula is C42H63N9O7S. The zero-order valence-corrected chi connectivity index (χ0v) is 37.2. The molecule has 0 aliphatic carbocycles. The van der Waals surface area contributed by atoms with Crippen LogP contribution in [0.2, 0.25) is 0 Å². The number of carbonyl (C=O) groups is 6. The summed E-state index contributed by atoms with van der Waals surface area (Å²) in [4.78, 5) is 97.0. The Kier molecular flexibility index (Phi) is 16.9. The molecule has 0 unspecified atom stereocenters. The van der Waals surface area contributed by atoms with Gasteiger partial charge in [0.15, 0.2) is 0 Å². The van der Waals surface area contributed by atoms with Gasteiger partial charge in [0, 0.05) is 24.5 Å². The van der Waals surface area contributed by atoms with Gasteiger partial charge in [0.05, 0.1) is 25.6 Å². The molecule has 17 heteroatoms. The van der Waals surface area contributed by atoms with Crippen molar-refractivity contribution in [3.8, 4) is 0 Å². The molecule has 7 atom stereocenters. The highest BCUT2D eigenvalue weighted by atomic mass is 32.1. The Morgan fingerprint density at radius 2 is 1.61 bits per heavy atom. The zero-order chi connectivity index (χ0) is 44.4. The van der Waals surface area contributed by atoms with Crippen LogP contribution in [0.3, 0.4) is 0 Å². The molecule has 0 saturated heterocycles. The van der Waals surface area contributed by atoms with Crippen LogP contribution in [0, 0.1) is 16.7 Å². The lowest BCUT2D eigenvalue weighted by Gasteiger charge is -2.39. The molecule has 0 radical (unpaired) electrons. The van der Waals surface area contributed by atoms with E-state index in [2.05, 4.69) is 48.5 Å². The number of rotatable bonds is 13. The molecule has 6 amide bonds. The van der Waals surface area contributed by atoms with Crippen molar-refractivity contribution in [1.29, 1.82) is 0 Å². The Morgan fingerprint density at radius 1 is 0.966 bits per heavy atom.